The lowest BCUT2D eigenvalue weighted by molar-refractivity contribution is 0.858. The van der Waals surface area contributed by atoms with Crippen LogP contribution in [0.2, 0.25) is 5.15 Å². The minimum atomic E-state index is 0.306. The number of hydrogen-bond acceptors (Lipinski definition) is 2. The molecular formula is C9H9ClN2. The summed E-state index contributed by atoms with van der Waals surface area (Å²) in [6.45, 7) is 4.04. The van der Waals surface area contributed by atoms with Crippen LogP contribution in [-0.2, 0) is 0 Å². The average molecular weight is 181 g/mol. The molecule has 0 atom stereocenters. The smallest absolute Gasteiger partial charge is 0.129 e. The van der Waals surface area contributed by atoms with E-state index in [0.29, 0.717) is 16.6 Å². The molecule has 0 unspecified atom stereocenters. The zero-order valence-electron chi connectivity index (χ0n) is 7.00. The minimum absolute atomic E-state index is 0.306. The summed E-state index contributed by atoms with van der Waals surface area (Å²) < 4.78 is 0. The van der Waals surface area contributed by atoms with Crippen molar-refractivity contribution in [2.75, 3.05) is 0 Å². The van der Waals surface area contributed by atoms with Gasteiger partial charge >= 0.3 is 0 Å². The predicted octanol–water partition coefficient (Wildman–Crippen LogP) is 2.73. The Morgan fingerprint density at radius 1 is 1.58 bits per heavy atom. The monoisotopic (exact) mass is 180 g/mol. The largest absolute Gasteiger partial charge is 0.243 e. The molecule has 0 spiro atoms. The molecule has 1 heterocycles. The van der Waals surface area contributed by atoms with E-state index in [1.54, 1.807) is 6.07 Å². The summed E-state index contributed by atoms with van der Waals surface area (Å²) in [6.07, 6.45) is 1.51. The van der Waals surface area contributed by atoms with E-state index < -0.39 is 0 Å². The lowest BCUT2D eigenvalue weighted by atomic mass is 10.0. The molecule has 0 saturated heterocycles. The standard InChI is InChI=1S/C9H9ClN2/c1-6(2)8-3-9(10)12-5-7(8)4-11/h3,5-6H,1-2H3. The fourth-order valence-electron chi connectivity index (χ4n) is 1.02. The van der Waals surface area contributed by atoms with Crippen LogP contribution < -0.4 is 0 Å². The third kappa shape index (κ3) is 1.75. The fourth-order valence-corrected chi connectivity index (χ4v) is 1.18. The van der Waals surface area contributed by atoms with E-state index in [4.69, 9.17) is 16.9 Å². The van der Waals surface area contributed by atoms with Crippen molar-refractivity contribution in [2.45, 2.75) is 19.8 Å². The highest BCUT2D eigenvalue weighted by atomic mass is 35.5. The van der Waals surface area contributed by atoms with Crippen LogP contribution in [0, 0.1) is 11.3 Å². The van der Waals surface area contributed by atoms with E-state index in [1.165, 1.54) is 6.20 Å². The van der Waals surface area contributed by atoms with E-state index in [9.17, 15) is 0 Å². The number of hydrogen-bond donors (Lipinski definition) is 0. The average Bonchev–Trinajstić information content (AvgIpc) is 2.04. The zero-order valence-corrected chi connectivity index (χ0v) is 7.76. The van der Waals surface area contributed by atoms with E-state index in [-0.39, 0.29) is 0 Å². The maximum Gasteiger partial charge on any atom is 0.129 e. The predicted molar refractivity (Wildman–Crippen MR) is 48.1 cm³/mol. The van der Waals surface area contributed by atoms with Crippen LogP contribution in [0.25, 0.3) is 0 Å². The van der Waals surface area contributed by atoms with Crippen molar-refractivity contribution in [3.05, 3.63) is 28.5 Å². The first-order valence-corrected chi connectivity index (χ1v) is 4.08. The fraction of sp³-hybridized carbons (Fsp3) is 0.333. The van der Waals surface area contributed by atoms with Crippen molar-refractivity contribution in [1.82, 2.24) is 4.98 Å². The molecule has 0 aliphatic rings. The molecule has 0 fully saturated rings. The first kappa shape index (κ1) is 9.02. The van der Waals surface area contributed by atoms with Gasteiger partial charge in [-0.3, -0.25) is 0 Å². The van der Waals surface area contributed by atoms with Crippen LogP contribution in [0.1, 0.15) is 30.9 Å². The topological polar surface area (TPSA) is 36.7 Å². The minimum Gasteiger partial charge on any atom is -0.243 e. The van der Waals surface area contributed by atoms with Gasteiger partial charge < -0.3 is 0 Å². The highest BCUT2D eigenvalue weighted by Gasteiger charge is 2.06. The second-order valence-corrected chi connectivity index (χ2v) is 3.25. The molecular weight excluding hydrogens is 172 g/mol. The number of nitrogens with zero attached hydrogens (tertiary/aromatic N) is 2. The Labute approximate surface area is 76.8 Å². The maximum atomic E-state index is 8.73. The number of rotatable bonds is 1. The van der Waals surface area contributed by atoms with Crippen LogP contribution in [-0.4, -0.2) is 4.98 Å². The van der Waals surface area contributed by atoms with Gasteiger partial charge in [-0.1, -0.05) is 25.4 Å². The Bertz CT molecular complexity index is 326. The molecule has 2 nitrogen and oxygen atoms in total. The number of nitriles is 1. The molecule has 0 aliphatic carbocycles. The maximum absolute atomic E-state index is 8.73. The van der Waals surface area contributed by atoms with Crippen molar-refractivity contribution in [2.24, 2.45) is 0 Å². The molecule has 1 aromatic rings. The van der Waals surface area contributed by atoms with Crippen molar-refractivity contribution in [3.8, 4) is 6.07 Å². The summed E-state index contributed by atoms with van der Waals surface area (Å²) >= 11 is 5.70. The lowest BCUT2D eigenvalue weighted by Gasteiger charge is -2.06. The lowest BCUT2D eigenvalue weighted by Crippen LogP contribution is -1.93. The molecule has 0 radical (unpaired) electrons. The van der Waals surface area contributed by atoms with E-state index >= 15 is 0 Å². The Hall–Kier alpha value is -1.07. The zero-order chi connectivity index (χ0) is 9.14. The molecule has 0 saturated carbocycles. The molecule has 0 N–H and O–H groups in total. The van der Waals surface area contributed by atoms with Gasteiger partial charge in [0, 0.05) is 6.20 Å². The highest BCUT2D eigenvalue weighted by Crippen LogP contribution is 2.20. The van der Waals surface area contributed by atoms with Crippen molar-refractivity contribution < 1.29 is 0 Å². The van der Waals surface area contributed by atoms with E-state index in [2.05, 4.69) is 11.1 Å². The van der Waals surface area contributed by atoms with Crippen LogP contribution >= 0.6 is 11.6 Å². The van der Waals surface area contributed by atoms with Gasteiger partial charge in [-0.05, 0) is 17.5 Å². The molecule has 1 aromatic heterocycles. The summed E-state index contributed by atoms with van der Waals surface area (Å²) in [5.74, 6) is 0.306. The van der Waals surface area contributed by atoms with Crippen molar-refractivity contribution in [3.63, 3.8) is 0 Å². The molecule has 0 aromatic carbocycles. The Morgan fingerprint density at radius 3 is 2.75 bits per heavy atom. The number of aromatic nitrogens is 1. The van der Waals surface area contributed by atoms with Gasteiger partial charge in [-0.2, -0.15) is 5.26 Å². The first-order valence-electron chi connectivity index (χ1n) is 3.70. The SMILES string of the molecule is CC(C)c1cc(Cl)ncc1C#N. The van der Waals surface area contributed by atoms with Gasteiger partial charge in [0.15, 0.2) is 0 Å². The number of pyridine rings is 1. The van der Waals surface area contributed by atoms with Gasteiger partial charge in [-0.25, -0.2) is 4.98 Å². The van der Waals surface area contributed by atoms with Gasteiger partial charge in [-0.15, -0.1) is 0 Å². The van der Waals surface area contributed by atoms with Gasteiger partial charge in [0.2, 0.25) is 0 Å². The van der Waals surface area contributed by atoms with Crippen LogP contribution in [0.4, 0.5) is 0 Å². The molecule has 1 rings (SSSR count). The van der Waals surface area contributed by atoms with Gasteiger partial charge in [0.25, 0.3) is 0 Å². The van der Waals surface area contributed by atoms with Gasteiger partial charge in [0.1, 0.15) is 11.2 Å². The molecule has 3 heteroatoms. The van der Waals surface area contributed by atoms with Crippen molar-refractivity contribution >= 4 is 11.6 Å². The summed E-state index contributed by atoms with van der Waals surface area (Å²) in [5, 5.41) is 9.17. The summed E-state index contributed by atoms with van der Waals surface area (Å²) in [6, 6.07) is 3.82. The Morgan fingerprint density at radius 2 is 2.25 bits per heavy atom. The molecule has 62 valence electrons. The van der Waals surface area contributed by atoms with Crippen molar-refractivity contribution in [1.29, 1.82) is 5.26 Å². The van der Waals surface area contributed by atoms with Crippen LogP contribution in [0.15, 0.2) is 12.3 Å². The number of halogens is 1. The second-order valence-electron chi connectivity index (χ2n) is 2.86. The van der Waals surface area contributed by atoms with E-state index in [1.807, 2.05) is 13.8 Å². The normalized spacial score (nSPS) is 9.92. The molecule has 0 amide bonds. The quantitative estimate of drug-likeness (QED) is 0.624. The van der Waals surface area contributed by atoms with E-state index in [0.717, 1.165) is 5.56 Å². The Balaban J connectivity index is 3.24. The summed E-state index contributed by atoms with van der Waals surface area (Å²) in [7, 11) is 0. The molecule has 12 heavy (non-hydrogen) atoms. The second kappa shape index (κ2) is 3.55. The van der Waals surface area contributed by atoms with Crippen LogP contribution in [0.3, 0.4) is 0 Å². The summed E-state index contributed by atoms with van der Waals surface area (Å²) in [4.78, 5) is 3.84. The summed E-state index contributed by atoms with van der Waals surface area (Å²) in [5.41, 5.74) is 1.56. The highest BCUT2D eigenvalue weighted by molar-refractivity contribution is 6.29. The molecule has 0 bridgehead atoms. The van der Waals surface area contributed by atoms with Gasteiger partial charge in [0.05, 0.1) is 5.56 Å². The third-order valence-corrected chi connectivity index (χ3v) is 1.85. The first-order chi connectivity index (χ1) is 5.65. The molecule has 0 aliphatic heterocycles. The Kier molecular flexibility index (Phi) is 2.67. The third-order valence-electron chi connectivity index (χ3n) is 1.65. The van der Waals surface area contributed by atoms with Crippen LogP contribution in [0.5, 0.6) is 0 Å².